The fourth-order valence-corrected chi connectivity index (χ4v) is 2.48. The van der Waals surface area contributed by atoms with Crippen LogP contribution in [-0.2, 0) is 4.79 Å². The summed E-state index contributed by atoms with van der Waals surface area (Å²) >= 11 is 0. The summed E-state index contributed by atoms with van der Waals surface area (Å²) in [5, 5.41) is 3.93. The average Bonchev–Trinajstić information content (AvgIpc) is 2.79. The molecule has 1 heterocycles. The van der Waals surface area contributed by atoms with Gasteiger partial charge in [0.1, 0.15) is 11.5 Å². The number of esters is 1. The van der Waals surface area contributed by atoms with Crippen molar-refractivity contribution in [3.8, 4) is 11.5 Å². The van der Waals surface area contributed by atoms with Gasteiger partial charge in [-0.15, -0.1) is 0 Å². The molecule has 3 aromatic rings. The number of nitrogens with one attached hydrogen (secondary N) is 1. The Morgan fingerprint density at radius 1 is 0.935 bits per heavy atom. The predicted molar refractivity (Wildman–Crippen MR) is 118 cm³/mol. The van der Waals surface area contributed by atoms with Crippen molar-refractivity contribution in [3.63, 3.8) is 0 Å². The molecule has 156 valence electrons. The van der Waals surface area contributed by atoms with Crippen LogP contribution in [0.2, 0.25) is 0 Å². The van der Waals surface area contributed by atoms with Gasteiger partial charge in [0.25, 0.3) is 5.91 Å². The smallest absolute Gasteiger partial charge is 0.336 e. The van der Waals surface area contributed by atoms with Gasteiger partial charge in [-0.25, -0.2) is 10.2 Å². The number of rotatable bonds is 7. The van der Waals surface area contributed by atoms with Crippen molar-refractivity contribution >= 4 is 24.2 Å². The second kappa shape index (κ2) is 10.5. The van der Waals surface area contributed by atoms with Crippen LogP contribution in [0.5, 0.6) is 11.5 Å². The Kier molecular flexibility index (Phi) is 7.26. The number of benzene rings is 2. The van der Waals surface area contributed by atoms with Crippen molar-refractivity contribution in [2.75, 3.05) is 7.11 Å². The fraction of sp³-hybridized carbons (Fsp3) is 0.0833. The number of aryl methyl sites for hydroxylation is 1. The zero-order valence-corrected chi connectivity index (χ0v) is 17.1. The van der Waals surface area contributed by atoms with Crippen LogP contribution in [-0.4, -0.2) is 30.2 Å². The van der Waals surface area contributed by atoms with Gasteiger partial charge in [-0.2, -0.15) is 5.10 Å². The van der Waals surface area contributed by atoms with Crippen molar-refractivity contribution in [2.24, 2.45) is 5.10 Å². The van der Waals surface area contributed by atoms with Crippen LogP contribution >= 0.6 is 0 Å². The second-order valence-corrected chi connectivity index (χ2v) is 6.48. The van der Waals surface area contributed by atoms with E-state index in [1.807, 2.05) is 31.2 Å². The molecule has 1 amide bonds. The average molecular weight is 415 g/mol. The molecule has 31 heavy (non-hydrogen) atoms. The van der Waals surface area contributed by atoms with Gasteiger partial charge < -0.3 is 9.47 Å². The maximum atomic E-state index is 12.0. The summed E-state index contributed by atoms with van der Waals surface area (Å²) in [4.78, 5) is 28.0. The molecule has 0 saturated carbocycles. The molecule has 0 atom stereocenters. The zero-order chi connectivity index (χ0) is 22.1. The van der Waals surface area contributed by atoms with Crippen LogP contribution in [0.25, 0.3) is 6.08 Å². The lowest BCUT2D eigenvalue weighted by Crippen LogP contribution is -2.17. The summed E-state index contributed by atoms with van der Waals surface area (Å²) in [5.74, 6) is 0.306. The zero-order valence-electron chi connectivity index (χ0n) is 17.1. The third-order valence-corrected chi connectivity index (χ3v) is 4.18. The normalized spacial score (nSPS) is 10.9. The number of hydrogen-bond donors (Lipinski definition) is 1. The second-order valence-electron chi connectivity index (χ2n) is 6.48. The number of carbonyl (C=O) groups is 2. The van der Waals surface area contributed by atoms with Crippen LogP contribution < -0.4 is 14.9 Å². The van der Waals surface area contributed by atoms with Gasteiger partial charge in [-0.3, -0.25) is 9.78 Å². The van der Waals surface area contributed by atoms with E-state index in [2.05, 4.69) is 15.5 Å². The Bertz CT molecular complexity index is 1090. The monoisotopic (exact) mass is 415 g/mol. The summed E-state index contributed by atoms with van der Waals surface area (Å²) in [6, 6.07) is 17.5. The minimum absolute atomic E-state index is 0.349. The molecule has 7 heteroatoms. The maximum absolute atomic E-state index is 12.0. The van der Waals surface area contributed by atoms with E-state index in [1.165, 1.54) is 18.5 Å². The van der Waals surface area contributed by atoms with E-state index in [0.29, 0.717) is 11.3 Å². The third kappa shape index (κ3) is 6.64. The van der Waals surface area contributed by atoms with E-state index < -0.39 is 5.97 Å². The predicted octanol–water partition coefficient (Wildman–Crippen LogP) is 3.78. The van der Waals surface area contributed by atoms with E-state index in [4.69, 9.17) is 9.47 Å². The first kappa shape index (κ1) is 21.4. The molecule has 0 spiro atoms. The van der Waals surface area contributed by atoms with Crippen LogP contribution in [0, 0.1) is 6.92 Å². The first-order chi connectivity index (χ1) is 15.0. The van der Waals surface area contributed by atoms with E-state index in [1.54, 1.807) is 49.6 Å². The molecule has 1 N–H and O–H groups in total. The minimum Gasteiger partial charge on any atom is -0.497 e. The van der Waals surface area contributed by atoms with Gasteiger partial charge in [0.15, 0.2) is 0 Å². The molecule has 7 nitrogen and oxygen atoms in total. The van der Waals surface area contributed by atoms with Gasteiger partial charge in [-0.1, -0.05) is 12.1 Å². The quantitative estimate of drug-likeness (QED) is 0.209. The Hall–Kier alpha value is -4.26. The molecule has 0 saturated heterocycles. The SMILES string of the molecule is COc1ccc(/C=C/C(=O)Oc2ccc(C=NNC(=O)c3ccc(C)nc3)cc2)cc1. The lowest BCUT2D eigenvalue weighted by molar-refractivity contribution is -0.128. The number of ether oxygens (including phenoxy) is 2. The lowest BCUT2D eigenvalue weighted by atomic mass is 10.2. The minimum atomic E-state index is -0.490. The molecule has 0 fully saturated rings. The molecule has 3 rings (SSSR count). The number of pyridine rings is 1. The van der Waals surface area contributed by atoms with Crippen molar-refractivity contribution in [1.29, 1.82) is 0 Å². The van der Waals surface area contributed by atoms with E-state index in [-0.39, 0.29) is 5.91 Å². The Morgan fingerprint density at radius 3 is 2.26 bits per heavy atom. The molecule has 2 aromatic carbocycles. The van der Waals surface area contributed by atoms with Crippen LogP contribution in [0.1, 0.15) is 27.2 Å². The van der Waals surface area contributed by atoms with Crippen LogP contribution in [0.3, 0.4) is 0 Å². The number of nitrogens with zero attached hydrogens (tertiary/aromatic N) is 2. The first-order valence-corrected chi connectivity index (χ1v) is 9.43. The molecular weight excluding hydrogens is 394 g/mol. The third-order valence-electron chi connectivity index (χ3n) is 4.18. The number of methoxy groups -OCH3 is 1. The molecule has 0 aliphatic carbocycles. The van der Waals surface area contributed by atoms with E-state index >= 15 is 0 Å². The van der Waals surface area contributed by atoms with Gasteiger partial charge in [0.05, 0.1) is 18.9 Å². The Labute approximate surface area is 180 Å². The Balaban J connectivity index is 1.50. The maximum Gasteiger partial charge on any atom is 0.336 e. The number of aromatic nitrogens is 1. The standard InChI is InChI=1S/C24H21N3O4/c1-17-3-9-20(16-25-17)24(29)27-26-15-19-6-12-22(13-7-19)31-23(28)14-8-18-4-10-21(30-2)11-5-18/h3-16H,1-2H3,(H,27,29)/b14-8+,26-15?. The summed E-state index contributed by atoms with van der Waals surface area (Å²) in [7, 11) is 1.60. The molecule has 0 aliphatic heterocycles. The molecular formula is C24H21N3O4. The van der Waals surface area contributed by atoms with Crippen molar-refractivity contribution < 1.29 is 19.1 Å². The number of amides is 1. The highest BCUT2D eigenvalue weighted by molar-refractivity contribution is 5.94. The van der Waals surface area contributed by atoms with Gasteiger partial charge in [-0.05, 0) is 72.7 Å². The number of hydrazone groups is 1. The molecule has 0 bridgehead atoms. The summed E-state index contributed by atoms with van der Waals surface area (Å²) in [6.45, 7) is 1.85. The van der Waals surface area contributed by atoms with Gasteiger partial charge >= 0.3 is 5.97 Å². The largest absolute Gasteiger partial charge is 0.497 e. The molecule has 0 unspecified atom stereocenters. The highest BCUT2D eigenvalue weighted by Crippen LogP contribution is 2.14. The summed E-state index contributed by atoms with van der Waals surface area (Å²) < 4.78 is 10.4. The summed E-state index contributed by atoms with van der Waals surface area (Å²) in [6.07, 6.45) is 6.00. The molecule has 0 aliphatic rings. The van der Waals surface area contributed by atoms with Gasteiger partial charge in [0, 0.05) is 18.0 Å². The Morgan fingerprint density at radius 2 is 1.61 bits per heavy atom. The van der Waals surface area contributed by atoms with E-state index in [9.17, 15) is 9.59 Å². The highest BCUT2D eigenvalue weighted by Gasteiger charge is 2.04. The highest BCUT2D eigenvalue weighted by atomic mass is 16.5. The molecule has 0 radical (unpaired) electrons. The lowest BCUT2D eigenvalue weighted by Gasteiger charge is -2.02. The van der Waals surface area contributed by atoms with E-state index in [0.717, 1.165) is 22.6 Å². The van der Waals surface area contributed by atoms with Crippen molar-refractivity contribution in [3.05, 3.63) is 95.3 Å². The number of hydrogen-bond acceptors (Lipinski definition) is 6. The fourth-order valence-electron chi connectivity index (χ4n) is 2.48. The molecule has 1 aromatic heterocycles. The van der Waals surface area contributed by atoms with Crippen LogP contribution in [0.15, 0.2) is 78.0 Å². The topological polar surface area (TPSA) is 89.9 Å². The first-order valence-electron chi connectivity index (χ1n) is 9.43. The van der Waals surface area contributed by atoms with Crippen molar-refractivity contribution in [1.82, 2.24) is 10.4 Å². The van der Waals surface area contributed by atoms with Gasteiger partial charge in [0.2, 0.25) is 0 Å². The van der Waals surface area contributed by atoms with Crippen LogP contribution in [0.4, 0.5) is 0 Å². The number of carbonyl (C=O) groups excluding carboxylic acids is 2. The summed E-state index contributed by atoms with van der Waals surface area (Å²) in [5.41, 5.74) is 5.28. The van der Waals surface area contributed by atoms with Crippen molar-refractivity contribution in [2.45, 2.75) is 6.92 Å².